The zero-order valence-electron chi connectivity index (χ0n) is 13.9. The molecule has 3 aliphatic rings. The second kappa shape index (κ2) is 5.38. The molecular weight excluding hydrogens is 354 g/mol. The van der Waals surface area contributed by atoms with Gasteiger partial charge < -0.3 is 15.6 Å². The lowest BCUT2D eigenvalue weighted by atomic mass is 9.55. The van der Waals surface area contributed by atoms with E-state index in [-0.39, 0.29) is 11.5 Å². The molecule has 2 fully saturated rings. The molecular formula is C19H26BrNO2. The highest BCUT2D eigenvalue weighted by molar-refractivity contribution is 9.10. The Labute approximate surface area is 146 Å². The Morgan fingerprint density at radius 2 is 2.09 bits per heavy atom. The van der Waals surface area contributed by atoms with Gasteiger partial charge in [0.15, 0.2) is 0 Å². The van der Waals surface area contributed by atoms with Crippen LogP contribution in [0.25, 0.3) is 0 Å². The summed E-state index contributed by atoms with van der Waals surface area (Å²) in [6, 6.07) is 2.04. The van der Waals surface area contributed by atoms with Gasteiger partial charge >= 0.3 is 0 Å². The average molecular weight is 380 g/mol. The molecule has 2 saturated carbocycles. The highest BCUT2D eigenvalue weighted by atomic mass is 79.9. The Morgan fingerprint density at radius 3 is 2.83 bits per heavy atom. The van der Waals surface area contributed by atoms with Crippen molar-refractivity contribution in [1.82, 2.24) is 0 Å². The third-order valence-corrected chi connectivity index (χ3v) is 7.79. The maximum atomic E-state index is 10.5. The van der Waals surface area contributed by atoms with Crippen molar-refractivity contribution in [3.8, 4) is 5.75 Å². The second-order valence-corrected chi connectivity index (χ2v) is 8.77. The first-order valence-electron chi connectivity index (χ1n) is 8.80. The van der Waals surface area contributed by atoms with Crippen LogP contribution < -0.4 is 10.5 Å². The number of aliphatic hydroxyl groups is 1. The maximum Gasteiger partial charge on any atom is 0.143 e. The molecule has 0 unspecified atom stereocenters. The largest absolute Gasteiger partial charge is 0.495 e. The smallest absolute Gasteiger partial charge is 0.143 e. The number of nitrogens with two attached hydrogens (primary N) is 1. The van der Waals surface area contributed by atoms with E-state index >= 15 is 0 Å². The van der Waals surface area contributed by atoms with Crippen LogP contribution in [0, 0.1) is 17.3 Å². The van der Waals surface area contributed by atoms with Crippen LogP contribution in [0.3, 0.4) is 0 Å². The number of rotatable bonds is 1. The normalized spacial score (nSPS) is 38.6. The van der Waals surface area contributed by atoms with E-state index in [1.54, 1.807) is 7.11 Å². The van der Waals surface area contributed by atoms with Gasteiger partial charge in [0.25, 0.3) is 0 Å². The zero-order valence-corrected chi connectivity index (χ0v) is 15.5. The van der Waals surface area contributed by atoms with Crippen molar-refractivity contribution in [2.24, 2.45) is 17.3 Å². The third kappa shape index (κ3) is 2.10. The van der Waals surface area contributed by atoms with Crippen LogP contribution >= 0.6 is 15.9 Å². The number of ether oxygens (including phenoxy) is 1. The van der Waals surface area contributed by atoms with Gasteiger partial charge in [-0.1, -0.05) is 22.9 Å². The first-order valence-corrected chi connectivity index (χ1v) is 9.59. The van der Waals surface area contributed by atoms with Crippen LogP contribution in [0.5, 0.6) is 5.75 Å². The molecule has 5 atom stereocenters. The van der Waals surface area contributed by atoms with E-state index in [1.807, 2.05) is 6.07 Å². The SMILES string of the molecule is COc1cc(Br)c2c(c1N)CC[C@@H]1[C@@H]2CC[C@]2(C)[C@@H](O)CC[C@@H]12. The number of anilines is 1. The van der Waals surface area contributed by atoms with Crippen molar-refractivity contribution in [3.63, 3.8) is 0 Å². The number of methoxy groups -OCH3 is 1. The summed E-state index contributed by atoms with van der Waals surface area (Å²) >= 11 is 3.78. The molecule has 0 bridgehead atoms. The van der Waals surface area contributed by atoms with Crippen molar-refractivity contribution >= 4 is 21.6 Å². The van der Waals surface area contributed by atoms with Gasteiger partial charge in [-0.2, -0.15) is 0 Å². The minimum absolute atomic E-state index is 0.112. The van der Waals surface area contributed by atoms with Crippen LogP contribution in [0.2, 0.25) is 0 Å². The number of fused-ring (bicyclic) bond motifs is 5. The summed E-state index contributed by atoms with van der Waals surface area (Å²) in [7, 11) is 1.68. The van der Waals surface area contributed by atoms with Gasteiger partial charge in [0.2, 0.25) is 0 Å². The maximum absolute atomic E-state index is 10.5. The van der Waals surface area contributed by atoms with Gasteiger partial charge in [-0.3, -0.25) is 0 Å². The van der Waals surface area contributed by atoms with Gasteiger partial charge in [-0.15, -0.1) is 0 Å². The second-order valence-electron chi connectivity index (χ2n) is 7.92. The predicted octanol–water partition coefficient (Wildman–Crippen LogP) is 4.26. The lowest BCUT2D eigenvalue weighted by Gasteiger charge is -2.50. The number of halogens is 1. The van der Waals surface area contributed by atoms with E-state index in [0.717, 1.165) is 41.6 Å². The predicted molar refractivity (Wildman–Crippen MR) is 95.7 cm³/mol. The van der Waals surface area contributed by atoms with Gasteiger partial charge in [0, 0.05) is 4.47 Å². The van der Waals surface area contributed by atoms with E-state index in [9.17, 15) is 5.11 Å². The molecule has 4 rings (SSSR count). The highest BCUT2D eigenvalue weighted by Crippen LogP contribution is 2.62. The van der Waals surface area contributed by atoms with Gasteiger partial charge in [-0.05, 0) is 78.9 Å². The Hall–Kier alpha value is -0.740. The Kier molecular flexibility index (Phi) is 3.69. The summed E-state index contributed by atoms with van der Waals surface area (Å²) in [6.07, 6.45) is 6.54. The number of hydrogen-bond acceptors (Lipinski definition) is 3. The molecule has 1 aromatic carbocycles. The molecule has 1 aromatic rings. The lowest BCUT2D eigenvalue weighted by molar-refractivity contribution is -0.0226. The molecule has 0 aliphatic heterocycles. The lowest BCUT2D eigenvalue weighted by Crippen LogP contribution is -2.44. The Bertz CT molecular complexity index is 647. The van der Waals surface area contributed by atoms with Crippen molar-refractivity contribution in [3.05, 3.63) is 21.7 Å². The molecule has 0 saturated heterocycles. The zero-order chi connectivity index (χ0) is 16.4. The monoisotopic (exact) mass is 379 g/mol. The minimum atomic E-state index is -0.112. The summed E-state index contributed by atoms with van der Waals surface area (Å²) in [6.45, 7) is 2.32. The molecule has 3 aliphatic carbocycles. The Morgan fingerprint density at radius 1 is 1.30 bits per heavy atom. The number of nitrogen functional groups attached to an aromatic ring is 1. The average Bonchev–Trinajstić information content (AvgIpc) is 2.85. The molecule has 23 heavy (non-hydrogen) atoms. The quantitative estimate of drug-likeness (QED) is 0.716. The van der Waals surface area contributed by atoms with E-state index in [2.05, 4.69) is 22.9 Å². The number of benzene rings is 1. The van der Waals surface area contributed by atoms with E-state index < -0.39 is 0 Å². The molecule has 0 aromatic heterocycles. The first kappa shape index (κ1) is 15.8. The van der Waals surface area contributed by atoms with Gasteiger partial charge in [0.05, 0.1) is 18.9 Å². The molecule has 0 spiro atoms. The fourth-order valence-electron chi connectivity index (χ4n) is 5.88. The van der Waals surface area contributed by atoms with E-state index in [0.29, 0.717) is 17.8 Å². The standard InChI is InChI=1S/C19H26BrNO2/c1-19-8-7-11-10(13(19)5-6-16(19)22)3-4-12-17(11)14(20)9-15(23-2)18(12)21/h9-11,13,16,22H,3-8,21H2,1-2H3/t10-,11+,13+,16+,19+/m1/s1. The van der Waals surface area contributed by atoms with Crippen LogP contribution in [0.15, 0.2) is 10.5 Å². The third-order valence-electron chi connectivity index (χ3n) is 7.14. The van der Waals surface area contributed by atoms with Crippen molar-refractivity contribution < 1.29 is 9.84 Å². The van der Waals surface area contributed by atoms with Gasteiger partial charge in [-0.25, -0.2) is 0 Å². The Balaban J connectivity index is 1.77. The van der Waals surface area contributed by atoms with Crippen LogP contribution in [-0.2, 0) is 6.42 Å². The molecule has 126 valence electrons. The summed E-state index contributed by atoms with van der Waals surface area (Å²) < 4.78 is 6.59. The minimum Gasteiger partial charge on any atom is -0.495 e. The first-order chi connectivity index (χ1) is 11.0. The van der Waals surface area contributed by atoms with Crippen molar-refractivity contribution in [1.29, 1.82) is 0 Å². The number of hydrogen-bond donors (Lipinski definition) is 2. The summed E-state index contributed by atoms with van der Waals surface area (Å²) in [5.41, 5.74) is 10.0. The topological polar surface area (TPSA) is 55.5 Å². The summed E-state index contributed by atoms with van der Waals surface area (Å²) in [4.78, 5) is 0. The molecule has 0 heterocycles. The van der Waals surface area contributed by atoms with E-state index in [4.69, 9.17) is 10.5 Å². The molecule has 3 nitrogen and oxygen atoms in total. The fourth-order valence-corrected chi connectivity index (χ4v) is 6.62. The van der Waals surface area contributed by atoms with E-state index in [1.165, 1.54) is 24.0 Å². The summed E-state index contributed by atoms with van der Waals surface area (Å²) in [5, 5.41) is 10.5. The van der Waals surface area contributed by atoms with Crippen LogP contribution in [0.4, 0.5) is 5.69 Å². The number of aliphatic hydroxyl groups excluding tert-OH is 1. The molecule has 0 radical (unpaired) electrons. The fraction of sp³-hybridized carbons (Fsp3) is 0.684. The van der Waals surface area contributed by atoms with Crippen molar-refractivity contribution in [2.45, 2.75) is 57.5 Å². The summed E-state index contributed by atoms with van der Waals surface area (Å²) in [5.74, 6) is 2.69. The van der Waals surface area contributed by atoms with Crippen molar-refractivity contribution in [2.75, 3.05) is 12.8 Å². The molecule has 4 heteroatoms. The van der Waals surface area contributed by atoms with Gasteiger partial charge in [0.1, 0.15) is 5.75 Å². The molecule has 3 N–H and O–H groups in total. The van der Waals surface area contributed by atoms with Crippen LogP contribution in [-0.4, -0.2) is 18.3 Å². The highest BCUT2D eigenvalue weighted by Gasteiger charge is 2.54. The molecule has 0 amide bonds. The van der Waals surface area contributed by atoms with Crippen LogP contribution in [0.1, 0.15) is 56.1 Å².